The van der Waals surface area contributed by atoms with E-state index in [-0.39, 0.29) is 11.7 Å². The van der Waals surface area contributed by atoms with Gasteiger partial charge in [-0.3, -0.25) is 0 Å². The van der Waals surface area contributed by atoms with Gasteiger partial charge in [-0.25, -0.2) is 4.98 Å². The van der Waals surface area contributed by atoms with Gasteiger partial charge in [-0.15, -0.1) is 0 Å². The number of rotatable bonds is 8. The summed E-state index contributed by atoms with van der Waals surface area (Å²) in [4.78, 5) is 15.4. The molecule has 1 saturated carbocycles. The van der Waals surface area contributed by atoms with Crippen LogP contribution in [0.1, 0.15) is 44.2 Å². The normalized spacial score (nSPS) is 15.2. The number of pyridine rings is 1. The molecule has 1 heterocycles. The minimum atomic E-state index is 0.198. The van der Waals surface area contributed by atoms with Crippen molar-refractivity contribution in [3.8, 4) is 11.6 Å². The Hall–Kier alpha value is -2.13. The third-order valence-electron chi connectivity index (χ3n) is 4.42. The van der Waals surface area contributed by atoms with Gasteiger partial charge in [-0.2, -0.15) is 0 Å². The van der Waals surface area contributed by atoms with E-state index in [2.05, 4.69) is 11.1 Å². The number of Topliss-reactive ketones (excluding diaryl/α,β-unsaturated/α-hetero) is 1. The molecule has 3 rings (SSSR count). The Bertz CT molecular complexity index is 794. The molecule has 26 heavy (non-hydrogen) atoms. The number of aromatic nitrogens is 1. The van der Waals surface area contributed by atoms with Gasteiger partial charge in [0.1, 0.15) is 11.5 Å². The van der Waals surface area contributed by atoms with Gasteiger partial charge in [0.2, 0.25) is 5.88 Å². The second kappa shape index (κ2) is 8.50. The van der Waals surface area contributed by atoms with Crippen LogP contribution >= 0.6 is 11.6 Å². The molecule has 1 aromatic heterocycles. The molecule has 1 aliphatic rings. The van der Waals surface area contributed by atoms with Gasteiger partial charge in [0.05, 0.1) is 5.02 Å². The number of hydrogen-bond acceptors (Lipinski definition) is 3. The summed E-state index contributed by atoms with van der Waals surface area (Å²) in [5.74, 6) is 2.38. The molecule has 0 amide bonds. The molecule has 1 atom stereocenters. The van der Waals surface area contributed by atoms with Crippen LogP contribution in [0.3, 0.4) is 0 Å². The molecule has 1 aromatic carbocycles. The number of carbonyl (C=O) groups excluding carboxylic acids is 1. The van der Waals surface area contributed by atoms with E-state index in [1.807, 2.05) is 43.3 Å². The lowest BCUT2D eigenvalue weighted by Crippen LogP contribution is -1.97. The summed E-state index contributed by atoms with van der Waals surface area (Å²) in [7, 11) is 0. The van der Waals surface area contributed by atoms with Crippen LogP contribution < -0.4 is 4.74 Å². The van der Waals surface area contributed by atoms with Crippen LogP contribution in [0.4, 0.5) is 0 Å². The summed E-state index contributed by atoms with van der Waals surface area (Å²) < 4.78 is 5.81. The van der Waals surface area contributed by atoms with Crippen molar-refractivity contribution < 1.29 is 9.53 Å². The highest BCUT2D eigenvalue weighted by Crippen LogP contribution is 2.35. The fraction of sp³-hybridized carbons (Fsp3) is 0.364. The van der Waals surface area contributed by atoms with E-state index in [4.69, 9.17) is 16.3 Å². The van der Waals surface area contributed by atoms with E-state index in [1.165, 1.54) is 18.4 Å². The predicted octanol–water partition coefficient (Wildman–Crippen LogP) is 6.11. The molecule has 1 aliphatic carbocycles. The number of ether oxygens (including phenoxy) is 1. The Morgan fingerprint density at radius 3 is 2.77 bits per heavy atom. The summed E-state index contributed by atoms with van der Waals surface area (Å²) >= 11 is 6.35. The summed E-state index contributed by atoms with van der Waals surface area (Å²) in [6.07, 6.45) is 10.1. The van der Waals surface area contributed by atoms with Crippen molar-refractivity contribution in [2.45, 2.75) is 39.5 Å². The minimum Gasteiger partial charge on any atom is -0.437 e. The van der Waals surface area contributed by atoms with Crippen LogP contribution in [0.15, 0.2) is 42.6 Å². The quantitative estimate of drug-likeness (QED) is 0.563. The van der Waals surface area contributed by atoms with Crippen molar-refractivity contribution in [3.63, 3.8) is 0 Å². The van der Waals surface area contributed by atoms with Crippen molar-refractivity contribution >= 4 is 23.5 Å². The molecule has 0 N–H and O–H groups in total. The van der Waals surface area contributed by atoms with Gasteiger partial charge in [-0.1, -0.05) is 36.7 Å². The molecule has 0 unspecified atom stereocenters. The number of allylic oxidation sites excluding steroid dienone is 1. The first-order valence-corrected chi connectivity index (χ1v) is 9.47. The second-order valence-electron chi connectivity index (χ2n) is 7.19. The Kier molecular flexibility index (Phi) is 6.10. The highest BCUT2D eigenvalue weighted by Gasteiger charge is 2.21. The van der Waals surface area contributed by atoms with Gasteiger partial charge < -0.3 is 9.53 Å². The molecule has 0 spiro atoms. The Morgan fingerprint density at radius 1 is 1.35 bits per heavy atom. The summed E-state index contributed by atoms with van der Waals surface area (Å²) in [5.41, 5.74) is 2.23. The molecule has 0 bridgehead atoms. The highest BCUT2D eigenvalue weighted by molar-refractivity contribution is 6.32. The molecule has 1 fully saturated rings. The second-order valence-corrected chi connectivity index (χ2v) is 7.59. The SMILES string of the molecule is CC(=O)C[C@@H](C)/C=C/c1ccc(Oc2ccc(CC3CC3)cc2Cl)nc1. The average Bonchev–Trinajstić information content (AvgIpc) is 3.40. The van der Waals surface area contributed by atoms with Crippen molar-refractivity contribution in [1.82, 2.24) is 4.98 Å². The maximum Gasteiger partial charge on any atom is 0.219 e. The molecule has 136 valence electrons. The van der Waals surface area contributed by atoms with Crippen molar-refractivity contribution in [1.29, 1.82) is 0 Å². The molecular weight excluding hydrogens is 346 g/mol. The summed E-state index contributed by atoms with van der Waals surface area (Å²) in [6, 6.07) is 9.74. The van der Waals surface area contributed by atoms with Crippen molar-refractivity contribution in [3.05, 3.63) is 58.8 Å². The van der Waals surface area contributed by atoms with Crippen LogP contribution in [-0.2, 0) is 11.2 Å². The fourth-order valence-corrected chi connectivity index (χ4v) is 3.11. The lowest BCUT2D eigenvalue weighted by Gasteiger charge is -2.09. The monoisotopic (exact) mass is 369 g/mol. The van der Waals surface area contributed by atoms with Crippen LogP contribution in [-0.4, -0.2) is 10.8 Å². The average molecular weight is 370 g/mol. The first kappa shape index (κ1) is 18.7. The third-order valence-corrected chi connectivity index (χ3v) is 4.71. The Balaban J connectivity index is 1.60. The summed E-state index contributed by atoms with van der Waals surface area (Å²) in [6.45, 7) is 3.64. The van der Waals surface area contributed by atoms with E-state index in [9.17, 15) is 4.79 Å². The molecule has 4 heteroatoms. The molecular formula is C22H24ClNO2. The maximum absolute atomic E-state index is 11.1. The third kappa shape index (κ3) is 5.70. The van der Waals surface area contributed by atoms with Gasteiger partial charge in [0.25, 0.3) is 0 Å². The number of hydrogen-bond donors (Lipinski definition) is 0. The van der Waals surface area contributed by atoms with E-state index in [1.54, 1.807) is 13.1 Å². The van der Waals surface area contributed by atoms with Crippen molar-refractivity contribution in [2.24, 2.45) is 11.8 Å². The standard InChI is InChI=1S/C22H24ClNO2/c1-15(11-16(2)25)3-4-18-8-10-22(24-14-18)26-21-9-7-19(13-20(21)23)12-17-5-6-17/h3-4,7-10,13-15,17H,5-6,11-12H2,1-2H3/b4-3+/t15-/m0/s1. The highest BCUT2D eigenvalue weighted by atomic mass is 35.5. The van der Waals surface area contributed by atoms with E-state index in [0.717, 1.165) is 17.9 Å². The van der Waals surface area contributed by atoms with Gasteiger partial charge in [0, 0.05) is 18.7 Å². The van der Waals surface area contributed by atoms with Crippen LogP contribution in [0, 0.1) is 11.8 Å². The predicted molar refractivity (Wildman–Crippen MR) is 106 cm³/mol. The number of carbonyl (C=O) groups is 1. The smallest absolute Gasteiger partial charge is 0.219 e. The van der Waals surface area contributed by atoms with Crippen LogP contribution in [0.5, 0.6) is 11.6 Å². The largest absolute Gasteiger partial charge is 0.437 e. The number of ketones is 1. The molecule has 2 aromatic rings. The molecule has 0 radical (unpaired) electrons. The van der Waals surface area contributed by atoms with E-state index < -0.39 is 0 Å². The van der Waals surface area contributed by atoms with Gasteiger partial charge >= 0.3 is 0 Å². The van der Waals surface area contributed by atoms with Crippen LogP contribution in [0.25, 0.3) is 6.08 Å². The number of nitrogens with zero attached hydrogens (tertiary/aromatic N) is 1. The lowest BCUT2D eigenvalue weighted by atomic mass is 10.0. The molecule has 0 aliphatic heterocycles. The maximum atomic E-state index is 11.1. The zero-order chi connectivity index (χ0) is 18.5. The molecule has 0 saturated heterocycles. The van der Waals surface area contributed by atoms with E-state index in [0.29, 0.717) is 23.1 Å². The van der Waals surface area contributed by atoms with Crippen LogP contribution in [0.2, 0.25) is 5.02 Å². The zero-order valence-corrected chi connectivity index (χ0v) is 16.0. The first-order chi connectivity index (χ1) is 12.5. The number of halogens is 1. The van der Waals surface area contributed by atoms with Gasteiger partial charge in [0.15, 0.2) is 0 Å². The van der Waals surface area contributed by atoms with Crippen molar-refractivity contribution in [2.75, 3.05) is 0 Å². The fourth-order valence-electron chi connectivity index (χ4n) is 2.87. The van der Waals surface area contributed by atoms with Gasteiger partial charge in [-0.05, 0) is 67.3 Å². The van der Waals surface area contributed by atoms with E-state index >= 15 is 0 Å². The number of benzene rings is 1. The minimum absolute atomic E-state index is 0.198. The Labute approximate surface area is 160 Å². The Morgan fingerprint density at radius 2 is 2.15 bits per heavy atom. The molecule has 3 nitrogen and oxygen atoms in total. The topological polar surface area (TPSA) is 39.2 Å². The first-order valence-electron chi connectivity index (χ1n) is 9.09. The summed E-state index contributed by atoms with van der Waals surface area (Å²) in [5, 5.41) is 0.618. The zero-order valence-electron chi connectivity index (χ0n) is 15.2. The lowest BCUT2D eigenvalue weighted by molar-refractivity contribution is -0.117.